The number of halogens is 2. The van der Waals surface area contributed by atoms with Gasteiger partial charge in [0, 0.05) is 10.6 Å². The molecule has 0 spiro atoms. The van der Waals surface area contributed by atoms with Gasteiger partial charge >= 0.3 is 5.97 Å². The van der Waals surface area contributed by atoms with Crippen LogP contribution in [0.2, 0.25) is 5.02 Å². The number of hydrogen-bond donors (Lipinski definition) is 0. The van der Waals surface area contributed by atoms with E-state index in [-0.39, 0.29) is 11.7 Å². The van der Waals surface area contributed by atoms with Gasteiger partial charge in [-0.3, -0.25) is 9.69 Å². The van der Waals surface area contributed by atoms with E-state index in [0.717, 1.165) is 0 Å². The van der Waals surface area contributed by atoms with Crippen molar-refractivity contribution >= 4 is 52.3 Å². The lowest BCUT2D eigenvalue weighted by molar-refractivity contribution is -0.115. The molecule has 1 heterocycles. The average Bonchev–Trinajstić information content (AvgIpc) is 3.15. The molecule has 1 saturated heterocycles. The summed E-state index contributed by atoms with van der Waals surface area (Å²) in [6, 6.07) is 18.9. The molecule has 1 aliphatic heterocycles. The molecular formula is C23H15ClFN3O3S. The van der Waals surface area contributed by atoms with Crippen LogP contribution < -0.4 is 9.64 Å². The highest BCUT2D eigenvalue weighted by Crippen LogP contribution is 2.27. The molecule has 9 heteroatoms. The van der Waals surface area contributed by atoms with E-state index >= 15 is 0 Å². The lowest BCUT2D eigenvalue weighted by Gasteiger charge is -2.14. The number of rotatable bonds is 5. The van der Waals surface area contributed by atoms with Crippen LogP contribution in [0.3, 0.4) is 0 Å². The number of esters is 1. The maximum Gasteiger partial charge on any atom is 0.343 e. The zero-order chi connectivity index (χ0) is 22.5. The fraction of sp³-hybridized carbons (Fsp3) is 0.0435. The lowest BCUT2D eigenvalue weighted by atomic mass is 10.2. The first-order valence-electron chi connectivity index (χ1n) is 9.40. The molecule has 1 aliphatic rings. The summed E-state index contributed by atoms with van der Waals surface area (Å²) in [5, 5.41) is 9.02. The number of hydrogen-bond acceptors (Lipinski definition) is 6. The van der Waals surface area contributed by atoms with Gasteiger partial charge in [0.15, 0.2) is 5.17 Å². The van der Waals surface area contributed by atoms with Crippen LogP contribution >= 0.6 is 23.4 Å². The first kappa shape index (κ1) is 21.7. The number of carbonyl (C=O) groups excluding carboxylic acids is 2. The molecule has 1 fully saturated rings. The molecule has 4 rings (SSSR count). The monoisotopic (exact) mass is 467 g/mol. The third kappa shape index (κ3) is 5.04. The summed E-state index contributed by atoms with van der Waals surface area (Å²) < 4.78 is 19.1. The van der Waals surface area contributed by atoms with E-state index in [2.05, 4.69) is 10.2 Å². The smallest absolute Gasteiger partial charge is 0.343 e. The highest BCUT2D eigenvalue weighted by Gasteiger charge is 2.30. The molecule has 3 aromatic rings. The topological polar surface area (TPSA) is 71.3 Å². The van der Waals surface area contributed by atoms with Gasteiger partial charge in [0.25, 0.3) is 0 Å². The Kier molecular flexibility index (Phi) is 6.63. The van der Waals surface area contributed by atoms with Crippen molar-refractivity contribution in [1.82, 2.24) is 0 Å². The van der Waals surface area contributed by atoms with Crippen molar-refractivity contribution in [3.05, 3.63) is 94.8 Å². The van der Waals surface area contributed by atoms with Crippen molar-refractivity contribution in [2.24, 2.45) is 10.2 Å². The van der Waals surface area contributed by atoms with Crippen molar-refractivity contribution in [3.8, 4) is 5.75 Å². The summed E-state index contributed by atoms with van der Waals surface area (Å²) >= 11 is 7.05. The number of carbonyl (C=O) groups is 2. The number of ether oxygens (including phenoxy) is 1. The predicted molar refractivity (Wildman–Crippen MR) is 124 cm³/mol. The van der Waals surface area contributed by atoms with Crippen LogP contribution in [0.1, 0.15) is 15.9 Å². The summed E-state index contributed by atoms with van der Waals surface area (Å²) in [5.74, 6) is -0.727. The third-order valence-electron chi connectivity index (χ3n) is 4.37. The van der Waals surface area contributed by atoms with E-state index in [4.69, 9.17) is 16.3 Å². The SMILES string of the molecule is O=C(Oc1ccccc1C=NN=C1SCC(=O)N1c1cccc(F)c1)c1ccc(Cl)cc1. The minimum absolute atomic E-state index is 0.181. The van der Waals surface area contributed by atoms with Crippen molar-refractivity contribution in [3.63, 3.8) is 0 Å². The number of amidine groups is 1. The average molecular weight is 468 g/mol. The first-order valence-corrected chi connectivity index (χ1v) is 10.8. The Hall–Kier alpha value is -3.49. The lowest BCUT2D eigenvalue weighted by Crippen LogP contribution is -2.29. The first-order chi connectivity index (χ1) is 15.5. The van der Waals surface area contributed by atoms with Crippen LogP contribution in [0.15, 0.2) is 83.0 Å². The number of nitrogens with zero attached hydrogens (tertiary/aromatic N) is 3. The van der Waals surface area contributed by atoms with E-state index in [9.17, 15) is 14.0 Å². The van der Waals surface area contributed by atoms with Gasteiger partial charge in [-0.2, -0.15) is 5.10 Å². The molecule has 0 N–H and O–H groups in total. The van der Waals surface area contributed by atoms with Crippen molar-refractivity contribution in [1.29, 1.82) is 0 Å². The van der Waals surface area contributed by atoms with Gasteiger partial charge in [0.1, 0.15) is 11.6 Å². The Morgan fingerprint density at radius 1 is 1.09 bits per heavy atom. The minimum Gasteiger partial charge on any atom is -0.422 e. The molecule has 6 nitrogen and oxygen atoms in total. The number of thioether (sulfide) groups is 1. The van der Waals surface area contributed by atoms with E-state index in [1.807, 2.05) is 0 Å². The molecule has 0 aliphatic carbocycles. The molecule has 0 bridgehead atoms. The highest BCUT2D eigenvalue weighted by atomic mass is 35.5. The van der Waals surface area contributed by atoms with Crippen molar-refractivity contribution in [2.45, 2.75) is 0 Å². The van der Waals surface area contributed by atoms with Gasteiger partial charge < -0.3 is 4.74 Å². The molecular weight excluding hydrogens is 453 g/mol. The van der Waals surface area contributed by atoms with Crippen LogP contribution in [0.5, 0.6) is 5.75 Å². The third-order valence-corrected chi connectivity index (χ3v) is 5.54. The van der Waals surface area contributed by atoms with Crippen molar-refractivity contribution in [2.75, 3.05) is 10.7 Å². The Bertz CT molecular complexity index is 1230. The van der Waals surface area contributed by atoms with Crippen LogP contribution in [0.4, 0.5) is 10.1 Å². The Balaban J connectivity index is 1.53. The normalized spacial score (nSPS) is 15.0. The number of anilines is 1. The minimum atomic E-state index is -0.539. The summed E-state index contributed by atoms with van der Waals surface area (Å²) in [5.41, 5.74) is 1.25. The van der Waals surface area contributed by atoms with Gasteiger partial charge in [-0.1, -0.05) is 41.6 Å². The van der Waals surface area contributed by atoms with E-state index in [1.165, 1.54) is 41.1 Å². The maximum atomic E-state index is 13.6. The number of amides is 1. The Morgan fingerprint density at radius 3 is 2.66 bits per heavy atom. The largest absolute Gasteiger partial charge is 0.422 e. The summed E-state index contributed by atoms with van der Waals surface area (Å²) in [4.78, 5) is 26.0. The molecule has 0 unspecified atom stereocenters. The summed E-state index contributed by atoms with van der Waals surface area (Å²) in [6.45, 7) is 0. The van der Waals surface area contributed by atoms with E-state index in [0.29, 0.717) is 32.8 Å². The number of benzene rings is 3. The maximum absolute atomic E-state index is 13.6. The van der Waals surface area contributed by atoms with Gasteiger partial charge in [-0.25, -0.2) is 9.18 Å². The molecule has 160 valence electrons. The molecule has 0 atom stereocenters. The number of para-hydroxylation sites is 1. The zero-order valence-electron chi connectivity index (χ0n) is 16.4. The molecule has 0 aromatic heterocycles. The van der Waals surface area contributed by atoms with Crippen molar-refractivity contribution < 1.29 is 18.7 Å². The van der Waals surface area contributed by atoms with Crippen LogP contribution in [-0.4, -0.2) is 29.0 Å². The predicted octanol–water partition coefficient (Wildman–Crippen LogP) is 5.17. The second kappa shape index (κ2) is 9.76. The van der Waals surface area contributed by atoms with Gasteiger partial charge in [0.05, 0.1) is 23.2 Å². The summed E-state index contributed by atoms with van der Waals surface area (Å²) in [6.07, 6.45) is 1.42. The Labute approximate surface area is 192 Å². The highest BCUT2D eigenvalue weighted by molar-refractivity contribution is 8.15. The second-order valence-corrected chi connectivity index (χ2v) is 7.94. The van der Waals surface area contributed by atoms with Gasteiger partial charge in [0.2, 0.25) is 5.91 Å². The molecule has 32 heavy (non-hydrogen) atoms. The fourth-order valence-corrected chi connectivity index (χ4v) is 3.82. The molecule has 3 aromatic carbocycles. The van der Waals surface area contributed by atoms with Gasteiger partial charge in [-0.05, 0) is 54.6 Å². The molecule has 1 amide bonds. The quantitative estimate of drug-likeness (QED) is 0.225. The fourth-order valence-electron chi connectivity index (χ4n) is 2.87. The summed E-state index contributed by atoms with van der Waals surface area (Å²) in [7, 11) is 0. The van der Waals surface area contributed by atoms with Crippen LogP contribution in [-0.2, 0) is 4.79 Å². The second-order valence-electron chi connectivity index (χ2n) is 6.56. The van der Waals surface area contributed by atoms with Crippen LogP contribution in [0.25, 0.3) is 0 Å². The zero-order valence-corrected chi connectivity index (χ0v) is 18.0. The van der Waals surface area contributed by atoms with E-state index < -0.39 is 11.8 Å². The Morgan fingerprint density at radius 2 is 1.88 bits per heavy atom. The molecule has 0 saturated carbocycles. The standard InChI is InChI=1S/C23H15ClFN3O3S/c24-17-10-8-15(9-11-17)22(30)31-20-7-2-1-4-16(20)13-26-27-23-28(21(29)14-32-23)19-6-3-5-18(25)12-19/h1-13H,14H2. The van der Waals surface area contributed by atoms with E-state index in [1.54, 1.807) is 54.6 Å². The van der Waals surface area contributed by atoms with Gasteiger partial charge in [-0.15, -0.1) is 5.10 Å². The van der Waals surface area contributed by atoms with Crippen LogP contribution in [0, 0.1) is 5.82 Å². The molecule has 0 radical (unpaired) electrons.